The van der Waals surface area contributed by atoms with Gasteiger partial charge in [0.25, 0.3) is 5.91 Å². The third kappa shape index (κ3) is 8.86. The monoisotopic (exact) mass is 441 g/mol. The summed E-state index contributed by atoms with van der Waals surface area (Å²) in [4.78, 5) is 48.7. The van der Waals surface area contributed by atoms with Crippen molar-refractivity contribution in [3.05, 3.63) is 71.8 Å². The minimum atomic E-state index is -1.15. The van der Waals surface area contributed by atoms with Crippen molar-refractivity contribution in [2.75, 3.05) is 0 Å². The van der Waals surface area contributed by atoms with Crippen LogP contribution in [0.15, 0.2) is 60.7 Å². The highest BCUT2D eigenvalue weighted by atomic mass is 16.6. The van der Waals surface area contributed by atoms with Crippen LogP contribution in [-0.4, -0.2) is 35.5 Å². The maximum Gasteiger partial charge on any atom is 0.426 e. The number of hydrazine groups is 1. The minimum Gasteiger partial charge on any atom is -0.453 e. The molecule has 0 aliphatic heterocycles. The Kier molecular flexibility index (Phi) is 8.76. The third-order valence-corrected chi connectivity index (χ3v) is 3.99. The molecule has 170 valence electrons. The van der Waals surface area contributed by atoms with Gasteiger partial charge in [-0.05, 0) is 31.9 Å². The van der Waals surface area contributed by atoms with Crippen LogP contribution in [0.4, 0.5) is 4.79 Å². The Morgan fingerprint density at radius 2 is 1.41 bits per heavy atom. The van der Waals surface area contributed by atoms with Gasteiger partial charge in [0, 0.05) is 6.42 Å². The Hall–Kier alpha value is -3.88. The first-order chi connectivity index (χ1) is 15.1. The van der Waals surface area contributed by atoms with Gasteiger partial charge in [0.1, 0.15) is 18.2 Å². The van der Waals surface area contributed by atoms with E-state index in [9.17, 15) is 19.2 Å². The molecule has 0 saturated heterocycles. The molecule has 0 heterocycles. The van der Waals surface area contributed by atoms with Crippen LogP contribution in [0.25, 0.3) is 0 Å². The lowest BCUT2D eigenvalue weighted by Gasteiger charge is -2.21. The van der Waals surface area contributed by atoms with Crippen LogP contribution in [0.3, 0.4) is 0 Å². The molecule has 9 nitrogen and oxygen atoms in total. The van der Waals surface area contributed by atoms with E-state index in [2.05, 4.69) is 16.2 Å². The number of ether oxygens (including phenoxy) is 2. The Balaban J connectivity index is 1.96. The Bertz CT molecular complexity index is 926. The summed E-state index contributed by atoms with van der Waals surface area (Å²) in [6, 6.07) is 16.8. The van der Waals surface area contributed by atoms with E-state index in [1.807, 2.05) is 12.1 Å². The van der Waals surface area contributed by atoms with Crippen molar-refractivity contribution in [2.45, 2.75) is 45.4 Å². The van der Waals surface area contributed by atoms with Crippen LogP contribution in [0, 0.1) is 0 Å². The summed E-state index contributed by atoms with van der Waals surface area (Å²) in [6.45, 7) is 4.89. The normalized spacial score (nSPS) is 11.6. The second-order valence-corrected chi connectivity index (χ2v) is 7.89. The molecular formula is C23H27N3O6. The predicted octanol–water partition coefficient (Wildman–Crippen LogP) is 2.01. The zero-order valence-electron chi connectivity index (χ0n) is 18.2. The molecular weight excluding hydrogens is 414 g/mol. The average Bonchev–Trinajstić information content (AvgIpc) is 2.75. The van der Waals surface area contributed by atoms with Gasteiger partial charge in [-0.15, -0.1) is 0 Å². The molecule has 9 heteroatoms. The van der Waals surface area contributed by atoms with Gasteiger partial charge in [-0.1, -0.05) is 60.7 Å². The van der Waals surface area contributed by atoms with Gasteiger partial charge in [0.05, 0.1) is 0 Å². The zero-order valence-corrected chi connectivity index (χ0v) is 18.2. The maximum atomic E-state index is 12.6. The van der Waals surface area contributed by atoms with E-state index in [0.717, 1.165) is 11.1 Å². The molecule has 3 amide bonds. The van der Waals surface area contributed by atoms with Crippen molar-refractivity contribution in [1.82, 2.24) is 16.2 Å². The summed E-state index contributed by atoms with van der Waals surface area (Å²) in [7, 11) is 0. The lowest BCUT2D eigenvalue weighted by atomic mass is 10.1. The molecule has 0 fully saturated rings. The lowest BCUT2D eigenvalue weighted by Crippen LogP contribution is -2.54. The van der Waals surface area contributed by atoms with Crippen LogP contribution in [0.1, 0.15) is 31.9 Å². The van der Waals surface area contributed by atoms with Gasteiger partial charge < -0.3 is 14.8 Å². The summed E-state index contributed by atoms with van der Waals surface area (Å²) in [5.41, 5.74) is 4.99. The number of carbonyl (C=O) groups excluding carboxylic acids is 4. The average molecular weight is 441 g/mol. The fourth-order valence-corrected chi connectivity index (χ4v) is 2.56. The molecule has 1 atom stereocenters. The van der Waals surface area contributed by atoms with Crippen LogP contribution >= 0.6 is 0 Å². The van der Waals surface area contributed by atoms with Crippen molar-refractivity contribution in [3.8, 4) is 0 Å². The zero-order chi connectivity index (χ0) is 23.6. The first-order valence-corrected chi connectivity index (χ1v) is 9.98. The highest BCUT2D eigenvalue weighted by molar-refractivity contribution is 6.33. The molecule has 0 unspecified atom stereocenters. The summed E-state index contributed by atoms with van der Waals surface area (Å²) in [5.74, 6) is -2.91. The molecule has 0 aliphatic rings. The Labute approximate surface area is 186 Å². The molecule has 0 aliphatic carbocycles. The Morgan fingerprint density at radius 3 is 1.97 bits per heavy atom. The van der Waals surface area contributed by atoms with E-state index in [1.54, 1.807) is 69.3 Å². The van der Waals surface area contributed by atoms with Gasteiger partial charge in [-0.2, -0.15) is 0 Å². The first kappa shape index (κ1) is 24.4. The van der Waals surface area contributed by atoms with Crippen LogP contribution < -0.4 is 16.2 Å². The van der Waals surface area contributed by atoms with E-state index < -0.39 is 35.5 Å². The number of benzene rings is 2. The molecule has 0 aromatic heterocycles. The second kappa shape index (κ2) is 11.5. The Morgan fingerprint density at radius 1 is 0.844 bits per heavy atom. The number of nitrogens with one attached hydrogen (secondary N) is 3. The molecule has 2 aromatic carbocycles. The van der Waals surface area contributed by atoms with Crippen LogP contribution in [0.5, 0.6) is 0 Å². The fourth-order valence-electron chi connectivity index (χ4n) is 2.56. The number of hydrogen-bond acceptors (Lipinski definition) is 6. The van der Waals surface area contributed by atoms with Crippen molar-refractivity contribution in [1.29, 1.82) is 0 Å². The van der Waals surface area contributed by atoms with E-state index >= 15 is 0 Å². The fraction of sp³-hybridized carbons (Fsp3) is 0.304. The third-order valence-electron chi connectivity index (χ3n) is 3.99. The molecule has 3 N–H and O–H groups in total. The van der Waals surface area contributed by atoms with E-state index in [-0.39, 0.29) is 13.0 Å². The van der Waals surface area contributed by atoms with Crippen molar-refractivity contribution in [2.24, 2.45) is 0 Å². The largest absolute Gasteiger partial charge is 0.453 e. The van der Waals surface area contributed by atoms with E-state index in [4.69, 9.17) is 9.47 Å². The first-order valence-electron chi connectivity index (χ1n) is 9.98. The predicted molar refractivity (Wildman–Crippen MR) is 116 cm³/mol. The summed E-state index contributed by atoms with van der Waals surface area (Å²) >= 11 is 0. The number of carbonyl (C=O) groups is 4. The van der Waals surface area contributed by atoms with Gasteiger partial charge >= 0.3 is 18.0 Å². The standard InChI is InChI=1S/C23H27N3O6/c1-23(2,3)32-21(29)20(28)24-18(14-16-10-6-4-7-11-16)19(27)25-26-22(30)31-15-17-12-8-5-9-13-17/h4-13,18H,14-15H2,1-3H3,(H,24,28)(H,25,27)(H,26,30)/t18-/m1/s1. The molecule has 2 aromatic rings. The highest BCUT2D eigenvalue weighted by Gasteiger charge is 2.28. The molecule has 2 rings (SSSR count). The second-order valence-electron chi connectivity index (χ2n) is 7.89. The van der Waals surface area contributed by atoms with Crippen molar-refractivity contribution in [3.63, 3.8) is 0 Å². The topological polar surface area (TPSA) is 123 Å². The van der Waals surface area contributed by atoms with Gasteiger partial charge in [-0.25, -0.2) is 15.0 Å². The van der Waals surface area contributed by atoms with Gasteiger partial charge in [-0.3, -0.25) is 15.0 Å². The summed E-state index contributed by atoms with van der Waals surface area (Å²) in [5, 5.41) is 2.35. The molecule has 32 heavy (non-hydrogen) atoms. The van der Waals surface area contributed by atoms with Gasteiger partial charge in [0.2, 0.25) is 0 Å². The molecule has 0 saturated carbocycles. The maximum absolute atomic E-state index is 12.6. The smallest absolute Gasteiger partial charge is 0.426 e. The van der Waals surface area contributed by atoms with Crippen LogP contribution in [-0.2, 0) is 36.9 Å². The number of rotatable bonds is 6. The van der Waals surface area contributed by atoms with Crippen LogP contribution in [0.2, 0.25) is 0 Å². The minimum absolute atomic E-state index is 0.0192. The quantitative estimate of drug-likeness (QED) is 0.358. The van der Waals surface area contributed by atoms with E-state index in [0.29, 0.717) is 0 Å². The molecule has 0 bridgehead atoms. The summed E-state index contributed by atoms with van der Waals surface area (Å²) < 4.78 is 10.1. The SMILES string of the molecule is CC(C)(C)OC(=O)C(=O)N[C@H](Cc1ccccc1)C(=O)NNC(=O)OCc1ccccc1. The number of esters is 1. The van der Waals surface area contributed by atoms with Crippen molar-refractivity contribution < 1.29 is 28.7 Å². The highest BCUT2D eigenvalue weighted by Crippen LogP contribution is 2.08. The summed E-state index contributed by atoms with van der Waals surface area (Å²) in [6.07, 6.45) is -0.791. The molecule has 0 radical (unpaired) electrons. The molecule has 0 spiro atoms. The van der Waals surface area contributed by atoms with Crippen molar-refractivity contribution >= 4 is 23.9 Å². The lowest BCUT2D eigenvalue weighted by molar-refractivity contribution is -0.163. The van der Waals surface area contributed by atoms with E-state index in [1.165, 1.54) is 0 Å². The number of amides is 3. The van der Waals surface area contributed by atoms with Gasteiger partial charge in [0.15, 0.2) is 0 Å². The number of hydrogen-bond donors (Lipinski definition) is 3.